The van der Waals surface area contributed by atoms with Gasteiger partial charge in [0.15, 0.2) is 5.69 Å². The highest BCUT2D eigenvalue weighted by atomic mass is 16.2. The minimum Gasteiger partial charge on any atom is -0.396 e. The lowest BCUT2D eigenvalue weighted by molar-refractivity contribution is 0.0922. The number of nitrogens with zero attached hydrogens (tertiary/aromatic N) is 2. The van der Waals surface area contributed by atoms with Gasteiger partial charge in [0, 0.05) is 12.2 Å². The van der Waals surface area contributed by atoms with E-state index in [0.29, 0.717) is 23.5 Å². The summed E-state index contributed by atoms with van der Waals surface area (Å²) in [6.45, 7) is 0. The molecule has 0 aromatic carbocycles. The summed E-state index contributed by atoms with van der Waals surface area (Å²) < 4.78 is 1.90. The molecular weight excluding hydrogens is 252 g/mol. The van der Waals surface area contributed by atoms with Crippen LogP contribution in [0, 0.1) is 0 Å². The number of nitrogen functional groups attached to an aromatic ring is 1. The van der Waals surface area contributed by atoms with Gasteiger partial charge in [-0.05, 0) is 25.7 Å². The molecule has 1 aromatic heterocycles. The van der Waals surface area contributed by atoms with Gasteiger partial charge < -0.3 is 11.1 Å². The number of hydrogen-bond donors (Lipinski definition) is 2. The van der Waals surface area contributed by atoms with Crippen molar-refractivity contribution in [2.24, 2.45) is 0 Å². The van der Waals surface area contributed by atoms with Crippen molar-refractivity contribution in [1.82, 2.24) is 15.1 Å². The number of hydrogen-bond acceptors (Lipinski definition) is 3. The van der Waals surface area contributed by atoms with Crippen molar-refractivity contribution in [3.05, 3.63) is 11.9 Å². The molecule has 3 rings (SSSR count). The van der Waals surface area contributed by atoms with E-state index in [0.717, 1.165) is 25.7 Å². The van der Waals surface area contributed by atoms with E-state index >= 15 is 0 Å². The molecule has 0 atom stereocenters. The molecule has 0 unspecified atom stereocenters. The zero-order valence-electron chi connectivity index (χ0n) is 12.0. The number of nitrogens with two attached hydrogens (primary N) is 1. The first-order chi connectivity index (χ1) is 9.74. The average molecular weight is 276 g/mol. The number of carbonyl (C=O) groups excluding carboxylic acids is 1. The Morgan fingerprint density at radius 2 is 1.80 bits per heavy atom. The van der Waals surface area contributed by atoms with E-state index in [1.807, 2.05) is 10.9 Å². The Labute approximate surface area is 119 Å². The van der Waals surface area contributed by atoms with Crippen molar-refractivity contribution in [3.63, 3.8) is 0 Å². The van der Waals surface area contributed by atoms with Crippen LogP contribution >= 0.6 is 0 Å². The Bertz CT molecular complexity index is 470. The summed E-state index contributed by atoms with van der Waals surface area (Å²) in [6, 6.07) is 0.723. The zero-order valence-corrected chi connectivity index (χ0v) is 12.0. The highest BCUT2D eigenvalue weighted by Gasteiger charge is 2.23. The summed E-state index contributed by atoms with van der Waals surface area (Å²) in [5.74, 6) is -0.105. The third-order valence-corrected chi connectivity index (χ3v) is 4.61. The van der Waals surface area contributed by atoms with E-state index in [2.05, 4.69) is 10.4 Å². The Kier molecular flexibility index (Phi) is 3.94. The van der Waals surface area contributed by atoms with Gasteiger partial charge in [-0.15, -0.1) is 0 Å². The number of carbonyl (C=O) groups is 1. The standard InChI is InChI=1S/C15H24N4O/c16-13-10-19(12-8-4-5-9-12)18-14(13)15(20)17-11-6-2-1-3-7-11/h10-12H,1-9,16H2,(H,17,20). The average Bonchev–Trinajstić information content (AvgIpc) is 3.08. The van der Waals surface area contributed by atoms with E-state index in [4.69, 9.17) is 5.73 Å². The molecule has 5 heteroatoms. The fourth-order valence-corrected chi connectivity index (χ4v) is 3.44. The second-order valence-electron chi connectivity index (χ2n) is 6.16. The number of aromatic nitrogens is 2. The number of nitrogens with one attached hydrogen (secondary N) is 1. The third kappa shape index (κ3) is 2.81. The maximum atomic E-state index is 12.3. The SMILES string of the molecule is Nc1cn(C2CCCC2)nc1C(=O)NC1CCCCC1. The molecule has 2 saturated carbocycles. The lowest BCUT2D eigenvalue weighted by Crippen LogP contribution is -2.36. The molecule has 3 N–H and O–H groups in total. The van der Waals surface area contributed by atoms with Gasteiger partial charge >= 0.3 is 0 Å². The molecule has 0 spiro atoms. The van der Waals surface area contributed by atoms with Crippen molar-refractivity contribution in [2.45, 2.75) is 69.9 Å². The highest BCUT2D eigenvalue weighted by molar-refractivity contribution is 5.97. The van der Waals surface area contributed by atoms with Gasteiger partial charge in [-0.3, -0.25) is 9.48 Å². The maximum Gasteiger partial charge on any atom is 0.274 e. The van der Waals surface area contributed by atoms with E-state index in [1.54, 1.807) is 0 Å². The van der Waals surface area contributed by atoms with Crippen LogP contribution in [0.15, 0.2) is 6.20 Å². The summed E-state index contributed by atoms with van der Waals surface area (Å²) in [4.78, 5) is 12.3. The van der Waals surface area contributed by atoms with Crippen molar-refractivity contribution >= 4 is 11.6 Å². The van der Waals surface area contributed by atoms with Crippen LogP contribution in [0.4, 0.5) is 5.69 Å². The molecule has 1 aromatic rings. The Morgan fingerprint density at radius 1 is 1.15 bits per heavy atom. The van der Waals surface area contributed by atoms with E-state index < -0.39 is 0 Å². The fraction of sp³-hybridized carbons (Fsp3) is 0.733. The van der Waals surface area contributed by atoms with Gasteiger partial charge in [0.05, 0.1) is 11.7 Å². The summed E-state index contributed by atoms with van der Waals surface area (Å²) in [6.07, 6.45) is 12.5. The lowest BCUT2D eigenvalue weighted by atomic mass is 9.95. The van der Waals surface area contributed by atoms with Gasteiger partial charge in [-0.2, -0.15) is 5.10 Å². The zero-order chi connectivity index (χ0) is 13.9. The molecule has 0 radical (unpaired) electrons. The van der Waals surface area contributed by atoms with Crippen molar-refractivity contribution in [1.29, 1.82) is 0 Å². The first kappa shape index (κ1) is 13.5. The van der Waals surface area contributed by atoms with Gasteiger partial charge in [-0.25, -0.2) is 0 Å². The summed E-state index contributed by atoms with van der Waals surface area (Å²) >= 11 is 0. The second kappa shape index (κ2) is 5.85. The van der Waals surface area contributed by atoms with Crippen LogP contribution in [-0.2, 0) is 0 Å². The number of amides is 1. The van der Waals surface area contributed by atoms with Crippen molar-refractivity contribution in [2.75, 3.05) is 5.73 Å². The van der Waals surface area contributed by atoms with Crippen LogP contribution in [0.5, 0.6) is 0 Å². The first-order valence-electron chi connectivity index (χ1n) is 7.89. The molecule has 1 amide bonds. The maximum absolute atomic E-state index is 12.3. The highest BCUT2D eigenvalue weighted by Crippen LogP contribution is 2.30. The van der Waals surface area contributed by atoms with E-state index in [1.165, 1.54) is 32.1 Å². The van der Waals surface area contributed by atoms with Crippen LogP contribution < -0.4 is 11.1 Å². The topological polar surface area (TPSA) is 72.9 Å². The molecule has 2 fully saturated rings. The minimum atomic E-state index is -0.105. The molecular formula is C15H24N4O. The fourth-order valence-electron chi connectivity index (χ4n) is 3.44. The Balaban J connectivity index is 1.67. The van der Waals surface area contributed by atoms with Crippen LogP contribution in [0.25, 0.3) is 0 Å². The molecule has 2 aliphatic rings. The van der Waals surface area contributed by atoms with E-state index in [9.17, 15) is 4.79 Å². The molecule has 110 valence electrons. The summed E-state index contributed by atoms with van der Waals surface area (Å²) in [5.41, 5.74) is 6.88. The smallest absolute Gasteiger partial charge is 0.274 e. The molecule has 0 saturated heterocycles. The first-order valence-corrected chi connectivity index (χ1v) is 7.89. The molecule has 2 aliphatic carbocycles. The third-order valence-electron chi connectivity index (χ3n) is 4.61. The van der Waals surface area contributed by atoms with Gasteiger partial charge in [0.25, 0.3) is 5.91 Å². The number of anilines is 1. The minimum absolute atomic E-state index is 0.105. The molecule has 5 nitrogen and oxygen atoms in total. The molecule has 0 aliphatic heterocycles. The second-order valence-corrected chi connectivity index (χ2v) is 6.16. The Hall–Kier alpha value is -1.52. The normalized spacial score (nSPS) is 21.2. The van der Waals surface area contributed by atoms with Gasteiger partial charge in [0.1, 0.15) is 0 Å². The largest absolute Gasteiger partial charge is 0.396 e. The predicted molar refractivity (Wildman–Crippen MR) is 78.5 cm³/mol. The predicted octanol–water partition coefficient (Wildman–Crippen LogP) is 2.64. The molecule has 0 bridgehead atoms. The van der Waals surface area contributed by atoms with Crippen LogP contribution in [0.1, 0.15) is 74.3 Å². The van der Waals surface area contributed by atoms with E-state index in [-0.39, 0.29) is 5.91 Å². The van der Waals surface area contributed by atoms with Crippen LogP contribution in [-0.4, -0.2) is 21.7 Å². The molecule has 20 heavy (non-hydrogen) atoms. The van der Waals surface area contributed by atoms with Crippen molar-refractivity contribution in [3.8, 4) is 0 Å². The lowest BCUT2D eigenvalue weighted by Gasteiger charge is -2.22. The molecule has 1 heterocycles. The van der Waals surface area contributed by atoms with Crippen LogP contribution in [0.3, 0.4) is 0 Å². The van der Waals surface area contributed by atoms with Crippen LogP contribution in [0.2, 0.25) is 0 Å². The monoisotopic (exact) mass is 276 g/mol. The van der Waals surface area contributed by atoms with Crippen molar-refractivity contribution < 1.29 is 4.79 Å². The van der Waals surface area contributed by atoms with Gasteiger partial charge in [-0.1, -0.05) is 32.1 Å². The summed E-state index contributed by atoms with van der Waals surface area (Å²) in [5, 5.41) is 7.52. The summed E-state index contributed by atoms with van der Waals surface area (Å²) in [7, 11) is 0. The van der Waals surface area contributed by atoms with Gasteiger partial charge in [0.2, 0.25) is 0 Å². The number of rotatable bonds is 3. The quantitative estimate of drug-likeness (QED) is 0.891. The Morgan fingerprint density at radius 3 is 2.50 bits per heavy atom.